The molecule has 2 aromatic rings. The Hall–Kier alpha value is -3.04. The highest BCUT2D eigenvalue weighted by atomic mass is 19.4. The van der Waals surface area contributed by atoms with Crippen LogP contribution in [0.5, 0.6) is 11.5 Å². The lowest BCUT2D eigenvalue weighted by Gasteiger charge is -2.64. The molecule has 0 radical (unpaired) electrons. The number of carbonyl (C=O) groups is 1. The zero-order chi connectivity index (χ0) is 28.7. The number of piperidine rings is 1. The third kappa shape index (κ3) is 3.95. The van der Waals surface area contributed by atoms with Gasteiger partial charge in [-0.25, -0.2) is 0 Å². The maximum atomic E-state index is 13.4. The molecule has 3 aliphatic carbocycles. The first-order chi connectivity index (χ1) is 19.6. The van der Waals surface area contributed by atoms with E-state index in [2.05, 4.69) is 11.0 Å². The van der Waals surface area contributed by atoms with Crippen molar-refractivity contribution in [1.82, 2.24) is 9.80 Å². The Balaban J connectivity index is 1.20. The number of nitrogens with zero attached hydrogens (tertiary/aromatic N) is 2. The van der Waals surface area contributed by atoms with Crippen LogP contribution in [0.1, 0.15) is 54.4 Å². The first-order valence-electron chi connectivity index (χ1n) is 14.5. The number of likely N-dealkylation sites (tertiary alicyclic amines) is 1. The Morgan fingerprint density at radius 3 is 2.61 bits per heavy atom. The second-order valence-electron chi connectivity index (χ2n) is 12.5. The summed E-state index contributed by atoms with van der Waals surface area (Å²) >= 11 is 0. The van der Waals surface area contributed by atoms with Gasteiger partial charge in [-0.05, 0) is 86.4 Å². The van der Waals surface area contributed by atoms with Crippen molar-refractivity contribution in [1.29, 1.82) is 0 Å². The number of methoxy groups -OCH3 is 1. The van der Waals surface area contributed by atoms with Crippen LogP contribution < -0.4 is 9.47 Å². The van der Waals surface area contributed by atoms with E-state index in [4.69, 9.17) is 9.47 Å². The number of carbonyl (C=O) groups excluding carboxylic acids is 1. The van der Waals surface area contributed by atoms with Crippen LogP contribution in [-0.4, -0.2) is 71.8 Å². The van der Waals surface area contributed by atoms with Gasteiger partial charge in [0.1, 0.15) is 6.10 Å². The Kier molecular flexibility index (Phi) is 6.04. The van der Waals surface area contributed by atoms with Gasteiger partial charge in [-0.15, -0.1) is 0 Å². The summed E-state index contributed by atoms with van der Waals surface area (Å²) in [6.45, 7) is 1.89. The van der Waals surface area contributed by atoms with Gasteiger partial charge in [0, 0.05) is 31.3 Å². The van der Waals surface area contributed by atoms with Crippen molar-refractivity contribution in [3.05, 3.63) is 64.7 Å². The molecule has 2 saturated carbocycles. The second-order valence-corrected chi connectivity index (χ2v) is 12.5. The van der Waals surface area contributed by atoms with Crippen LogP contribution in [0.2, 0.25) is 0 Å². The van der Waals surface area contributed by atoms with Crippen molar-refractivity contribution >= 4 is 12.0 Å². The number of likely N-dealkylation sites (N-methyl/N-ethyl adjacent to an activating group) is 1. The van der Waals surface area contributed by atoms with E-state index < -0.39 is 28.9 Å². The second kappa shape index (κ2) is 9.23. The lowest BCUT2D eigenvalue weighted by molar-refractivity contribution is -0.200. The Bertz CT molecular complexity index is 1400. The molecule has 5 aliphatic rings. The van der Waals surface area contributed by atoms with E-state index in [0.29, 0.717) is 35.8 Å². The number of rotatable bonds is 6. The molecule has 218 valence electrons. The van der Waals surface area contributed by atoms with Crippen molar-refractivity contribution in [3.63, 3.8) is 0 Å². The predicted octanol–water partition coefficient (Wildman–Crippen LogP) is 4.82. The number of amides is 1. The summed E-state index contributed by atoms with van der Waals surface area (Å²) in [5.41, 5.74) is 0.394. The van der Waals surface area contributed by atoms with E-state index in [1.165, 1.54) is 42.7 Å². The summed E-state index contributed by atoms with van der Waals surface area (Å²) in [6.07, 6.45) is 3.24. The van der Waals surface area contributed by atoms with Crippen LogP contribution in [0.25, 0.3) is 6.08 Å². The highest BCUT2D eigenvalue weighted by Crippen LogP contribution is 2.66. The summed E-state index contributed by atoms with van der Waals surface area (Å²) in [7, 11) is 3.37. The molecule has 6 nitrogen and oxygen atoms in total. The minimum Gasteiger partial charge on any atom is -0.493 e. The molecule has 41 heavy (non-hydrogen) atoms. The van der Waals surface area contributed by atoms with Gasteiger partial charge in [0.05, 0.1) is 29.7 Å². The van der Waals surface area contributed by atoms with E-state index in [-0.39, 0.29) is 18.0 Å². The Labute approximate surface area is 237 Å². The van der Waals surface area contributed by atoms with Gasteiger partial charge < -0.3 is 19.5 Å². The van der Waals surface area contributed by atoms with Crippen molar-refractivity contribution in [2.75, 3.05) is 27.2 Å². The lowest BCUT2D eigenvalue weighted by Crippen LogP contribution is -2.78. The van der Waals surface area contributed by atoms with Gasteiger partial charge in [-0.2, -0.15) is 13.2 Å². The fourth-order valence-corrected chi connectivity index (χ4v) is 8.23. The molecule has 3 fully saturated rings. The number of benzene rings is 2. The van der Waals surface area contributed by atoms with E-state index in [9.17, 15) is 23.1 Å². The van der Waals surface area contributed by atoms with Crippen LogP contribution in [0.3, 0.4) is 0 Å². The molecule has 0 unspecified atom stereocenters. The van der Waals surface area contributed by atoms with E-state index in [1.807, 2.05) is 6.07 Å². The smallest absolute Gasteiger partial charge is 0.416 e. The van der Waals surface area contributed by atoms with Gasteiger partial charge in [-0.1, -0.05) is 18.2 Å². The zero-order valence-electron chi connectivity index (χ0n) is 23.3. The highest BCUT2D eigenvalue weighted by Gasteiger charge is 2.73. The number of hydrogen-bond donors (Lipinski definition) is 1. The molecule has 5 atom stereocenters. The summed E-state index contributed by atoms with van der Waals surface area (Å²) in [5.74, 6) is 1.79. The van der Waals surface area contributed by atoms with E-state index in [0.717, 1.165) is 43.6 Å². The minimum absolute atomic E-state index is 0.00341. The molecule has 1 saturated heterocycles. The van der Waals surface area contributed by atoms with Crippen molar-refractivity contribution in [2.45, 2.75) is 73.9 Å². The van der Waals surface area contributed by atoms with Gasteiger partial charge in [0.15, 0.2) is 11.5 Å². The van der Waals surface area contributed by atoms with Crippen molar-refractivity contribution in [3.8, 4) is 11.5 Å². The molecule has 2 aromatic carbocycles. The van der Waals surface area contributed by atoms with Crippen molar-refractivity contribution in [2.24, 2.45) is 5.92 Å². The molecule has 2 bridgehead atoms. The van der Waals surface area contributed by atoms with E-state index >= 15 is 0 Å². The van der Waals surface area contributed by atoms with E-state index in [1.54, 1.807) is 19.1 Å². The zero-order valence-corrected chi connectivity index (χ0v) is 23.3. The number of halogens is 3. The van der Waals surface area contributed by atoms with Gasteiger partial charge >= 0.3 is 6.18 Å². The first kappa shape index (κ1) is 26.8. The van der Waals surface area contributed by atoms with Crippen LogP contribution in [-0.2, 0) is 22.8 Å². The summed E-state index contributed by atoms with van der Waals surface area (Å²) in [5, 5.41) is 12.7. The largest absolute Gasteiger partial charge is 0.493 e. The molecule has 1 spiro atoms. The van der Waals surface area contributed by atoms with Crippen LogP contribution in [0.15, 0.2) is 42.5 Å². The normalized spacial score (nSPS) is 32.0. The molecule has 2 heterocycles. The van der Waals surface area contributed by atoms with Gasteiger partial charge in [0.2, 0.25) is 5.91 Å². The third-order valence-corrected chi connectivity index (χ3v) is 10.4. The lowest BCUT2D eigenvalue weighted by atomic mass is 9.48. The Morgan fingerprint density at radius 2 is 1.93 bits per heavy atom. The summed E-state index contributed by atoms with van der Waals surface area (Å²) < 4.78 is 51.3. The standard InChI is InChI=1S/C32H35F3N2O4/c1-36(26(38)12-7-19-5-9-22(10-6-19)32(33,34)35)23-13-14-31(39)25-17-21-8-11-24(40-2)28-27(21)30(31,29(23)41-28)15-16-37(25)18-20-3-4-20/h5-12,20,23,25,29,39H,3-4,13-18H2,1-2H3/t23-,25-,29+,30+,31-/m1/s1. The molecule has 2 aliphatic heterocycles. The van der Waals surface area contributed by atoms with Crippen LogP contribution in [0, 0.1) is 5.92 Å². The van der Waals surface area contributed by atoms with Crippen molar-refractivity contribution < 1.29 is 32.5 Å². The quantitative estimate of drug-likeness (QED) is 0.507. The van der Waals surface area contributed by atoms with Gasteiger partial charge in [-0.3, -0.25) is 9.69 Å². The fraction of sp³-hybridized carbons (Fsp3) is 0.531. The van der Waals surface area contributed by atoms with Gasteiger partial charge in [0.25, 0.3) is 0 Å². The average Bonchev–Trinajstić information content (AvgIpc) is 3.70. The maximum Gasteiger partial charge on any atom is 0.416 e. The molecular formula is C32H35F3N2O4. The fourth-order valence-electron chi connectivity index (χ4n) is 8.23. The molecule has 9 heteroatoms. The molecule has 1 amide bonds. The third-order valence-electron chi connectivity index (χ3n) is 10.4. The number of hydrogen-bond acceptors (Lipinski definition) is 5. The van der Waals surface area contributed by atoms with Crippen LogP contribution >= 0.6 is 0 Å². The minimum atomic E-state index is -4.41. The predicted molar refractivity (Wildman–Crippen MR) is 147 cm³/mol. The number of ether oxygens (including phenoxy) is 2. The maximum absolute atomic E-state index is 13.4. The average molecular weight is 569 g/mol. The molecule has 1 N–H and O–H groups in total. The van der Waals surface area contributed by atoms with Crippen LogP contribution in [0.4, 0.5) is 13.2 Å². The number of alkyl halides is 3. The SMILES string of the molecule is COc1ccc2c3c1O[C@H]1[C@H](N(C)C(=O)C=Cc4ccc(C(F)(F)F)cc4)CC[C@@]4(O)[C@@H](C2)N(CC2CC2)CC[C@]314. The first-order valence-corrected chi connectivity index (χ1v) is 14.5. The monoisotopic (exact) mass is 568 g/mol. The topological polar surface area (TPSA) is 62.2 Å². The summed E-state index contributed by atoms with van der Waals surface area (Å²) in [6, 6.07) is 8.50. The number of aliphatic hydroxyl groups is 1. The molecule has 7 rings (SSSR count). The summed E-state index contributed by atoms with van der Waals surface area (Å²) in [4.78, 5) is 17.6. The molecule has 0 aromatic heterocycles. The Morgan fingerprint density at radius 1 is 1.17 bits per heavy atom. The highest BCUT2D eigenvalue weighted by molar-refractivity contribution is 5.92. The molecular weight excluding hydrogens is 533 g/mol.